The molecule has 3 aromatic rings. The largest absolute Gasteiger partial charge is 0.399 e. The predicted molar refractivity (Wildman–Crippen MR) is 76.2 cm³/mol. The van der Waals surface area contributed by atoms with Crippen LogP contribution in [0.2, 0.25) is 0 Å². The van der Waals surface area contributed by atoms with Gasteiger partial charge in [-0.15, -0.1) is 0 Å². The summed E-state index contributed by atoms with van der Waals surface area (Å²) in [4.78, 5) is 22.1. The number of nitrogens with one attached hydrogen (secondary N) is 2. The van der Waals surface area contributed by atoms with Crippen LogP contribution in [0.15, 0.2) is 34.7 Å². The molecule has 0 radical (unpaired) electrons. The number of hydrogen-bond donors (Lipinski definition) is 3. The zero-order valence-electron chi connectivity index (χ0n) is 9.88. The molecule has 0 atom stereocenters. The van der Waals surface area contributed by atoms with Crippen molar-refractivity contribution < 1.29 is 0 Å². The third kappa shape index (κ3) is 2.41. The Hall–Kier alpha value is -2.41. The Kier molecular flexibility index (Phi) is 2.88. The van der Waals surface area contributed by atoms with Gasteiger partial charge in [0.05, 0.1) is 12.1 Å². The fourth-order valence-corrected chi connectivity index (χ4v) is 2.38. The summed E-state index contributed by atoms with van der Waals surface area (Å²) in [5.74, 6) is 0.719. The van der Waals surface area contributed by atoms with Gasteiger partial charge in [0.15, 0.2) is 0 Å². The number of anilines is 2. The van der Waals surface area contributed by atoms with Crippen LogP contribution in [0, 0.1) is 0 Å². The number of fused-ring (bicyclic) bond motifs is 1. The van der Waals surface area contributed by atoms with E-state index in [0.717, 1.165) is 33.8 Å². The molecular formula is C12H11N5OS. The first-order valence-electron chi connectivity index (χ1n) is 5.63. The summed E-state index contributed by atoms with van der Waals surface area (Å²) in [6, 6.07) is 5.49. The molecule has 0 aliphatic carbocycles. The number of thiazole rings is 1. The first-order valence-corrected chi connectivity index (χ1v) is 6.51. The lowest BCUT2D eigenvalue weighted by atomic mass is 10.2. The number of hydrogen-bond acceptors (Lipinski definition) is 6. The van der Waals surface area contributed by atoms with Crippen molar-refractivity contribution >= 4 is 33.7 Å². The van der Waals surface area contributed by atoms with Gasteiger partial charge in [-0.05, 0) is 18.2 Å². The lowest BCUT2D eigenvalue weighted by molar-refractivity contribution is 1.04. The summed E-state index contributed by atoms with van der Waals surface area (Å²) in [6.07, 6.45) is 1.49. The maximum atomic E-state index is 11.0. The summed E-state index contributed by atoms with van der Waals surface area (Å²) >= 11 is 1.14. The summed E-state index contributed by atoms with van der Waals surface area (Å²) in [5, 5.41) is 5.87. The number of aromatic amines is 1. The highest BCUT2D eigenvalue weighted by Crippen LogP contribution is 2.21. The van der Waals surface area contributed by atoms with Gasteiger partial charge in [-0.1, -0.05) is 11.3 Å². The van der Waals surface area contributed by atoms with Crippen molar-refractivity contribution in [2.24, 2.45) is 0 Å². The van der Waals surface area contributed by atoms with Gasteiger partial charge in [0.1, 0.15) is 12.1 Å². The molecule has 0 amide bonds. The van der Waals surface area contributed by atoms with Crippen LogP contribution >= 0.6 is 11.3 Å². The zero-order chi connectivity index (χ0) is 13.2. The van der Waals surface area contributed by atoms with Crippen LogP contribution in [0.4, 0.5) is 11.5 Å². The zero-order valence-corrected chi connectivity index (χ0v) is 10.7. The number of nitrogen functional groups attached to an aromatic ring is 1. The minimum absolute atomic E-state index is 0.0582. The van der Waals surface area contributed by atoms with Crippen molar-refractivity contribution in [3.63, 3.8) is 0 Å². The second-order valence-corrected chi connectivity index (χ2v) is 4.87. The van der Waals surface area contributed by atoms with Crippen LogP contribution in [-0.4, -0.2) is 15.0 Å². The molecule has 3 rings (SSSR count). The van der Waals surface area contributed by atoms with Gasteiger partial charge < -0.3 is 16.0 Å². The van der Waals surface area contributed by atoms with E-state index in [1.807, 2.05) is 12.1 Å². The average molecular weight is 273 g/mol. The molecule has 0 aliphatic rings. The third-order valence-corrected chi connectivity index (χ3v) is 3.40. The predicted octanol–water partition coefficient (Wildman–Crippen LogP) is 1.57. The Bertz CT molecular complexity index is 779. The summed E-state index contributed by atoms with van der Waals surface area (Å²) in [6.45, 7) is 0.509. The van der Waals surface area contributed by atoms with Gasteiger partial charge in [-0.2, -0.15) is 0 Å². The van der Waals surface area contributed by atoms with Crippen LogP contribution in [0.25, 0.3) is 10.9 Å². The van der Waals surface area contributed by atoms with Crippen molar-refractivity contribution in [3.8, 4) is 0 Å². The molecule has 0 saturated carbocycles. The van der Waals surface area contributed by atoms with Crippen molar-refractivity contribution in [1.29, 1.82) is 0 Å². The quantitative estimate of drug-likeness (QED) is 0.629. The van der Waals surface area contributed by atoms with E-state index in [0.29, 0.717) is 12.2 Å². The standard InChI is InChI=1S/C12H11N5OS/c13-7-1-2-9-10(3-7)15-6-16-11(9)14-4-8-5-19-12(18)17-8/h1-3,5-6H,4,13H2,(H,17,18)(H,14,15,16). The van der Waals surface area contributed by atoms with E-state index in [2.05, 4.69) is 20.3 Å². The lowest BCUT2D eigenvalue weighted by Crippen LogP contribution is -2.05. The highest BCUT2D eigenvalue weighted by atomic mass is 32.1. The Morgan fingerprint density at radius 3 is 3.05 bits per heavy atom. The van der Waals surface area contributed by atoms with Crippen LogP contribution in [0.5, 0.6) is 0 Å². The van der Waals surface area contributed by atoms with Crippen LogP contribution < -0.4 is 15.9 Å². The highest BCUT2D eigenvalue weighted by Gasteiger charge is 2.04. The number of rotatable bonds is 3. The van der Waals surface area contributed by atoms with Crippen LogP contribution in [0.3, 0.4) is 0 Å². The summed E-state index contributed by atoms with van der Waals surface area (Å²) < 4.78 is 0. The third-order valence-electron chi connectivity index (χ3n) is 2.68. The van der Waals surface area contributed by atoms with Crippen molar-refractivity contribution in [2.45, 2.75) is 6.54 Å². The number of H-pyrrole nitrogens is 1. The first kappa shape index (κ1) is 11.7. The molecule has 0 saturated heterocycles. The van der Waals surface area contributed by atoms with E-state index < -0.39 is 0 Å². The Balaban J connectivity index is 1.90. The SMILES string of the molecule is Nc1ccc2c(NCc3csc(=O)[nH]3)ncnc2c1. The van der Waals surface area contributed by atoms with E-state index in [-0.39, 0.29) is 4.87 Å². The van der Waals surface area contributed by atoms with Crippen LogP contribution in [0.1, 0.15) is 5.69 Å². The first-order chi connectivity index (χ1) is 9.22. The van der Waals surface area contributed by atoms with Gasteiger partial charge in [0, 0.05) is 22.1 Å². The molecule has 0 spiro atoms. The second kappa shape index (κ2) is 4.69. The smallest absolute Gasteiger partial charge is 0.304 e. The minimum Gasteiger partial charge on any atom is -0.399 e. The van der Waals surface area contributed by atoms with Gasteiger partial charge in [-0.25, -0.2) is 9.97 Å². The number of benzene rings is 1. The Morgan fingerprint density at radius 1 is 1.37 bits per heavy atom. The molecule has 0 unspecified atom stereocenters. The van der Waals surface area contributed by atoms with Crippen LogP contribution in [-0.2, 0) is 6.54 Å². The summed E-state index contributed by atoms with van der Waals surface area (Å²) in [5.41, 5.74) is 8.01. The van der Waals surface area contributed by atoms with Crippen molar-refractivity contribution in [2.75, 3.05) is 11.1 Å². The van der Waals surface area contributed by atoms with Crippen molar-refractivity contribution in [1.82, 2.24) is 15.0 Å². The average Bonchev–Trinajstić information content (AvgIpc) is 2.81. The van der Waals surface area contributed by atoms with Gasteiger partial charge in [0.2, 0.25) is 0 Å². The normalized spacial score (nSPS) is 10.7. The number of aromatic nitrogens is 3. The molecule has 0 fully saturated rings. The van der Waals surface area contributed by atoms with Gasteiger partial charge >= 0.3 is 4.87 Å². The minimum atomic E-state index is -0.0582. The van der Waals surface area contributed by atoms with E-state index >= 15 is 0 Å². The van der Waals surface area contributed by atoms with Gasteiger partial charge in [-0.3, -0.25) is 4.79 Å². The maximum Gasteiger partial charge on any atom is 0.304 e. The van der Waals surface area contributed by atoms with Gasteiger partial charge in [0.25, 0.3) is 0 Å². The Morgan fingerprint density at radius 2 is 2.26 bits per heavy atom. The molecule has 19 heavy (non-hydrogen) atoms. The monoisotopic (exact) mass is 273 g/mol. The van der Waals surface area contributed by atoms with E-state index in [4.69, 9.17) is 5.73 Å². The molecular weight excluding hydrogens is 262 g/mol. The topological polar surface area (TPSA) is 96.7 Å². The number of nitrogens with two attached hydrogens (primary N) is 1. The summed E-state index contributed by atoms with van der Waals surface area (Å²) in [7, 11) is 0. The fraction of sp³-hybridized carbons (Fsp3) is 0.0833. The molecule has 1 aromatic carbocycles. The molecule has 96 valence electrons. The van der Waals surface area contributed by atoms with E-state index in [1.165, 1.54) is 6.33 Å². The maximum absolute atomic E-state index is 11.0. The highest BCUT2D eigenvalue weighted by molar-refractivity contribution is 7.07. The van der Waals surface area contributed by atoms with E-state index in [1.54, 1.807) is 11.4 Å². The lowest BCUT2D eigenvalue weighted by Gasteiger charge is -2.07. The Labute approximate surface area is 112 Å². The van der Waals surface area contributed by atoms with E-state index in [9.17, 15) is 4.79 Å². The fourth-order valence-electron chi connectivity index (χ4n) is 1.79. The van der Waals surface area contributed by atoms with Crippen molar-refractivity contribution in [3.05, 3.63) is 45.3 Å². The molecule has 2 heterocycles. The molecule has 2 aromatic heterocycles. The molecule has 4 N–H and O–H groups in total. The molecule has 0 bridgehead atoms. The molecule has 6 nitrogen and oxygen atoms in total. The second-order valence-electron chi connectivity index (χ2n) is 4.03. The molecule has 7 heteroatoms. The molecule has 0 aliphatic heterocycles. The number of nitrogens with zero attached hydrogens (tertiary/aromatic N) is 2.